The molecule has 4 rings (SSSR count). The zero-order chi connectivity index (χ0) is 22.7. The standard InChI is InChI=1S/C25H29BrN2O4/c26-20-9-7-19(8-10-20)17-28-21(23(29)30)11-12-22(28)25(24(31)32)14-4-15-27(25)16-13-18-5-2-1-3-6-18/h1-3,5-10,21-22H,4,11-17H2,(H,29,30)(H,31,32)/t21-,22?,25-/m0/s1. The van der Waals surface area contributed by atoms with Crippen molar-refractivity contribution in [3.05, 3.63) is 70.2 Å². The quantitative estimate of drug-likeness (QED) is 0.569. The van der Waals surface area contributed by atoms with E-state index in [-0.39, 0.29) is 6.04 Å². The number of benzene rings is 2. The maximum atomic E-state index is 12.8. The Morgan fingerprint density at radius 3 is 2.38 bits per heavy atom. The van der Waals surface area contributed by atoms with Crippen LogP contribution in [0, 0.1) is 0 Å². The second-order valence-corrected chi connectivity index (χ2v) is 9.72. The summed E-state index contributed by atoms with van der Waals surface area (Å²) >= 11 is 3.44. The highest BCUT2D eigenvalue weighted by Gasteiger charge is 2.58. The van der Waals surface area contributed by atoms with E-state index in [1.807, 2.05) is 47.4 Å². The topological polar surface area (TPSA) is 81.1 Å². The molecule has 2 N–H and O–H groups in total. The fourth-order valence-electron chi connectivity index (χ4n) is 5.54. The van der Waals surface area contributed by atoms with Crippen molar-refractivity contribution < 1.29 is 19.8 Å². The average molecular weight is 501 g/mol. The van der Waals surface area contributed by atoms with Crippen LogP contribution >= 0.6 is 15.9 Å². The van der Waals surface area contributed by atoms with Crippen molar-refractivity contribution in [2.45, 2.75) is 56.3 Å². The Morgan fingerprint density at radius 2 is 1.72 bits per heavy atom. The fourth-order valence-corrected chi connectivity index (χ4v) is 5.81. The van der Waals surface area contributed by atoms with Gasteiger partial charge in [-0.2, -0.15) is 0 Å². The summed E-state index contributed by atoms with van der Waals surface area (Å²) in [6.07, 6.45) is 3.17. The van der Waals surface area contributed by atoms with E-state index < -0.39 is 23.5 Å². The van der Waals surface area contributed by atoms with E-state index in [1.54, 1.807) is 0 Å². The summed E-state index contributed by atoms with van der Waals surface area (Å²) in [5.74, 6) is -1.71. The first-order chi connectivity index (χ1) is 15.4. The molecule has 2 saturated heterocycles. The van der Waals surface area contributed by atoms with Gasteiger partial charge in [-0.05, 0) is 61.9 Å². The van der Waals surface area contributed by atoms with Gasteiger partial charge in [0.2, 0.25) is 0 Å². The SMILES string of the molecule is O=C(O)[C@@H]1CCC([C@]2(C(=O)O)CCCN2CCc2ccccc2)N1Cc1ccc(Br)cc1. The van der Waals surface area contributed by atoms with Crippen LogP contribution in [0.1, 0.15) is 36.8 Å². The van der Waals surface area contributed by atoms with Gasteiger partial charge >= 0.3 is 11.9 Å². The van der Waals surface area contributed by atoms with Crippen molar-refractivity contribution in [2.24, 2.45) is 0 Å². The van der Waals surface area contributed by atoms with Crippen molar-refractivity contribution in [3.8, 4) is 0 Å². The lowest BCUT2D eigenvalue weighted by atomic mass is 9.85. The fraction of sp³-hybridized carbons (Fsp3) is 0.440. The van der Waals surface area contributed by atoms with Crippen LogP contribution in [0.25, 0.3) is 0 Å². The predicted molar refractivity (Wildman–Crippen MR) is 125 cm³/mol. The third kappa shape index (κ3) is 4.47. The summed E-state index contributed by atoms with van der Waals surface area (Å²) < 4.78 is 0.957. The molecule has 1 unspecified atom stereocenters. The minimum atomic E-state index is -1.06. The van der Waals surface area contributed by atoms with Gasteiger partial charge in [-0.3, -0.25) is 19.4 Å². The lowest BCUT2D eigenvalue weighted by molar-refractivity contribution is -0.157. The number of carboxylic acids is 2. The van der Waals surface area contributed by atoms with E-state index in [4.69, 9.17) is 0 Å². The third-order valence-electron chi connectivity index (χ3n) is 7.06. The number of hydrogen-bond acceptors (Lipinski definition) is 4. The maximum absolute atomic E-state index is 12.8. The van der Waals surface area contributed by atoms with Gasteiger partial charge in [0.1, 0.15) is 11.6 Å². The van der Waals surface area contributed by atoms with Crippen molar-refractivity contribution >= 4 is 27.9 Å². The number of halogens is 1. The van der Waals surface area contributed by atoms with Crippen molar-refractivity contribution in [1.82, 2.24) is 9.80 Å². The van der Waals surface area contributed by atoms with Crippen LogP contribution < -0.4 is 0 Å². The highest BCUT2D eigenvalue weighted by atomic mass is 79.9. The molecule has 32 heavy (non-hydrogen) atoms. The van der Waals surface area contributed by atoms with Crippen LogP contribution in [0.2, 0.25) is 0 Å². The number of hydrogen-bond donors (Lipinski definition) is 2. The highest BCUT2D eigenvalue weighted by Crippen LogP contribution is 2.42. The molecule has 2 fully saturated rings. The van der Waals surface area contributed by atoms with Crippen molar-refractivity contribution in [3.63, 3.8) is 0 Å². The summed E-state index contributed by atoms with van der Waals surface area (Å²) in [7, 11) is 0. The van der Waals surface area contributed by atoms with E-state index in [0.717, 1.165) is 29.4 Å². The second-order valence-electron chi connectivity index (χ2n) is 8.80. The van der Waals surface area contributed by atoms with E-state index >= 15 is 0 Å². The Hall–Kier alpha value is -2.22. The monoisotopic (exact) mass is 500 g/mol. The van der Waals surface area contributed by atoms with Crippen LogP contribution in [0.3, 0.4) is 0 Å². The Kier molecular flexibility index (Phi) is 6.98. The van der Waals surface area contributed by atoms with Crippen LogP contribution in [-0.4, -0.2) is 62.7 Å². The molecule has 0 amide bonds. The molecule has 7 heteroatoms. The summed E-state index contributed by atoms with van der Waals surface area (Å²) in [6, 6.07) is 16.9. The summed E-state index contributed by atoms with van der Waals surface area (Å²) in [5.41, 5.74) is 1.11. The number of aliphatic carboxylic acids is 2. The number of nitrogens with zero attached hydrogens (tertiary/aromatic N) is 2. The molecule has 3 atom stereocenters. The zero-order valence-electron chi connectivity index (χ0n) is 18.0. The van der Waals surface area contributed by atoms with Gasteiger partial charge in [-0.15, -0.1) is 0 Å². The first kappa shape index (κ1) is 23.0. The van der Waals surface area contributed by atoms with Gasteiger partial charge in [-0.25, -0.2) is 0 Å². The van der Waals surface area contributed by atoms with Crippen LogP contribution in [0.15, 0.2) is 59.1 Å². The normalized spacial score (nSPS) is 26.4. The molecule has 2 aliphatic rings. The third-order valence-corrected chi connectivity index (χ3v) is 7.59. The van der Waals surface area contributed by atoms with Gasteiger partial charge in [0.15, 0.2) is 0 Å². The van der Waals surface area contributed by atoms with Crippen LogP contribution in [-0.2, 0) is 22.6 Å². The smallest absolute Gasteiger partial charge is 0.325 e. The Bertz CT molecular complexity index is 952. The first-order valence-electron chi connectivity index (χ1n) is 11.2. The van der Waals surface area contributed by atoms with Crippen LogP contribution in [0.4, 0.5) is 0 Å². The molecular formula is C25H29BrN2O4. The Morgan fingerprint density at radius 1 is 1.00 bits per heavy atom. The average Bonchev–Trinajstić information content (AvgIpc) is 3.39. The number of carbonyl (C=O) groups is 2. The largest absolute Gasteiger partial charge is 0.480 e. The Labute approximate surface area is 197 Å². The minimum Gasteiger partial charge on any atom is -0.480 e. The lowest BCUT2D eigenvalue weighted by Gasteiger charge is -2.44. The van der Waals surface area contributed by atoms with Gasteiger partial charge in [0.05, 0.1) is 0 Å². The maximum Gasteiger partial charge on any atom is 0.325 e. The van der Waals surface area contributed by atoms with Crippen LogP contribution in [0.5, 0.6) is 0 Å². The molecule has 0 aromatic heterocycles. The predicted octanol–water partition coefficient (Wildman–Crippen LogP) is 4.03. The highest BCUT2D eigenvalue weighted by molar-refractivity contribution is 9.10. The molecule has 0 bridgehead atoms. The molecule has 6 nitrogen and oxygen atoms in total. The molecule has 0 spiro atoms. The van der Waals surface area contributed by atoms with E-state index in [0.29, 0.717) is 32.4 Å². The van der Waals surface area contributed by atoms with Gasteiger partial charge in [0, 0.05) is 23.6 Å². The summed E-state index contributed by atoms with van der Waals surface area (Å²) in [6.45, 7) is 1.80. The number of rotatable bonds is 8. The molecule has 170 valence electrons. The lowest BCUT2D eigenvalue weighted by Crippen LogP contribution is -2.63. The van der Waals surface area contributed by atoms with E-state index in [2.05, 4.69) is 33.0 Å². The molecule has 0 saturated carbocycles. The van der Waals surface area contributed by atoms with Gasteiger partial charge in [0.25, 0.3) is 0 Å². The first-order valence-corrected chi connectivity index (χ1v) is 12.0. The Balaban J connectivity index is 1.62. The number of carboxylic acid groups (broad SMARTS) is 2. The van der Waals surface area contributed by atoms with Crippen molar-refractivity contribution in [1.29, 1.82) is 0 Å². The molecule has 0 radical (unpaired) electrons. The van der Waals surface area contributed by atoms with Gasteiger partial charge in [-0.1, -0.05) is 58.4 Å². The molecular weight excluding hydrogens is 472 g/mol. The summed E-state index contributed by atoms with van der Waals surface area (Å²) in [5, 5.41) is 20.4. The van der Waals surface area contributed by atoms with E-state index in [1.165, 1.54) is 5.56 Å². The van der Waals surface area contributed by atoms with Gasteiger partial charge < -0.3 is 10.2 Å². The summed E-state index contributed by atoms with van der Waals surface area (Å²) in [4.78, 5) is 28.9. The zero-order valence-corrected chi connectivity index (χ0v) is 19.6. The molecule has 2 aliphatic heterocycles. The van der Waals surface area contributed by atoms with E-state index in [9.17, 15) is 19.8 Å². The van der Waals surface area contributed by atoms with Crippen molar-refractivity contribution in [2.75, 3.05) is 13.1 Å². The molecule has 0 aliphatic carbocycles. The molecule has 2 aromatic carbocycles. The second kappa shape index (κ2) is 9.73. The molecule has 2 aromatic rings. The molecule has 2 heterocycles. The number of likely N-dealkylation sites (tertiary alicyclic amines) is 2. The minimum absolute atomic E-state index is 0.344.